The third-order valence-electron chi connectivity index (χ3n) is 6.43. The van der Waals surface area contributed by atoms with E-state index >= 15 is 0 Å². The number of nitrogens with one attached hydrogen (secondary N) is 1. The lowest BCUT2D eigenvalue weighted by Crippen LogP contribution is -2.44. The van der Waals surface area contributed by atoms with Crippen molar-refractivity contribution in [2.45, 2.75) is 25.8 Å². The van der Waals surface area contributed by atoms with Gasteiger partial charge in [-0.15, -0.1) is 0 Å². The van der Waals surface area contributed by atoms with Crippen LogP contribution in [0.2, 0.25) is 0 Å². The topological polar surface area (TPSA) is 56.4 Å². The molecule has 3 heterocycles. The van der Waals surface area contributed by atoms with Gasteiger partial charge in [0.05, 0.1) is 6.54 Å². The summed E-state index contributed by atoms with van der Waals surface area (Å²) in [5.41, 5.74) is 5.56. The minimum Gasteiger partial charge on any atom is -0.371 e. The molecule has 1 fully saturated rings. The predicted octanol–water partition coefficient (Wildman–Crippen LogP) is 3.78. The molecule has 0 radical (unpaired) electrons. The number of hydrogen-bond donors (Lipinski definition) is 1. The molecule has 5 rings (SSSR count). The van der Waals surface area contributed by atoms with Crippen LogP contribution in [0.4, 0.5) is 5.69 Å². The molecule has 29 heavy (non-hydrogen) atoms. The van der Waals surface area contributed by atoms with Gasteiger partial charge >= 0.3 is 0 Å². The van der Waals surface area contributed by atoms with Crippen molar-refractivity contribution < 1.29 is 9.59 Å². The largest absolute Gasteiger partial charge is 0.371 e. The number of anilines is 1. The molecule has 2 aliphatic rings. The molecule has 0 aliphatic carbocycles. The molecule has 5 heteroatoms. The third kappa shape index (κ3) is 3.31. The minimum atomic E-state index is 0.103. The molecule has 148 valence electrons. The summed E-state index contributed by atoms with van der Waals surface area (Å²) in [6, 6.07) is 16.1. The van der Waals surface area contributed by atoms with Gasteiger partial charge in [-0.05, 0) is 55.2 Å². The lowest BCUT2D eigenvalue weighted by atomic mass is 9.93. The Hall–Kier alpha value is -3.08. The second kappa shape index (κ2) is 7.39. The summed E-state index contributed by atoms with van der Waals surface area (Å²) in [6.07, 6.45) is 3.55. The molecule has 2 aromatic carbocycles. The quantitative estimate of drug-likeness (QED) is 0.696. The first-order chi connectivity index (χ1) is 14.2. The van der Waals surface area contributed by atoms with Crippen LogP contribution in [-0.2, 0) is 17.8 Å². The van der Waals surface area contributed by atoms with Crippen LogP contribution in [-0.4, -0.2) is 41.7 Å². The molecule has 2 aliphatic heterocycles. The fourth-order valence-electron chi connectivity index (χ4n) is 4.79. The van der Waals surface area contributed by atoms with Crippen molar-refractivity contribution in [1.29, 1.82) is 0 Å². The lowest BCUT2D eigenvalue weighted by molar-refractivity contribution is -0.137. The summed E-state index contributed by atoms with van der Waals surface area (Å²) >= 11 is 0. The first kappa shape index (κ1) is 18.0. The smallest absolute Gasteiger partial charge is 0.226 e. The van der Waals surface area contributed by atoms with Gasteiger partial charge in [-0.3, -0.25) is 9.59 Å². The van der Waals surface area contributed by atoms with E-state index in [2.05, 4.69) is 28.1 Å². The predicted molar refractivity (Wildman–Crippen MR) is 114 cm³/mol. The SMILES string of the molecule is O=Cc1ccc(N2CCC(C(=O)N3CCc4c([nH]c5ccccc45)C3)CC2)cc1. The van der Waals surface area contributed by atoms with Crippen molar-refractivity contribution in [3.05, 3.63) is 65.4 Å². The van der Waals surface area contributed by atoms with E-state index in [4.69, 9.17) is 0 Å². The number of benzene rings is 2. The molecule has 0 spiro atoms. The second-order valence-corrected chi connectivity index (χ2v) is 8.11. The van der Waals surface area contributed by atoms with Crippen molar-refractivity contribution in [1.82, 2.24) is 9.88 Å². The number of carbonyl (C=O) groups excluding carboxylic acids is 2. The van der Waals surface area contributed by atoms with Crippen LogP contribution >= 0.6 is 0 Å². The number of nitrogens with zero attached hydrogens (tertiary/aromatic N) is 2. The highest BCUT2D eigenvalue weighted by atomic mass is 16.2. The van der Waals surface area contributed by atoms with Crippen LogP contribution in [0.15, 0.2) is 48.5 Å². The van der Waals surface area contributed by atoms with Gasteiger partial charge in [0, 0.05) is 53.4 Å². The number of aldehydes is 1. The van der Waals surface area contributed by atoms with Crippen molar-refractivity contribution in [2.24, 2.45) is 5.92 Å². The van der Waals surface area contributed by atoms with Crippen LogP contribution in [0, 0.1) is 5.92 Å². The number of hydrogen-bond acceptors (Lipinski definition) is 3. The molecule has 1 aromatic heterocycles. The minimum absolute atomic E-state index is 0.103. The third-order valence-corrected chi connectivity index (χ3v) is 6.43. The van der Waals surface area contributed by atoms with E-state index in [9.17, 15) is 9.59 Å². The summed E-state index contributed by atoms with van der Waals surface area (Å²) in [5, 5.41) is 1.29. The van der Waals surface area contributed by atoms with Crippen LogP contribution in [0.1, 0.15) is 34.5 Å². The van der Waals surface area contributed by atoms with Crippen molar-refractivity contribution in [2.75, 3.05) is 24.5 Å². The molecule has 0 saturated carbocycles. The number of fused-ring (bicyclic) bond motifs is 3. The van der Waals surface area contributed by atoms with Crippen molar-refractivity contribution in [3.8, 4) is 0 Å². The number of para-hydroxylation sites is 1. The number of aromatic nitrogens is 1. The fourth-order valence-corrected chi connectivity index (χ4v) is 4.79. The maximum Gasteiger partial charge on any atom is 0.226 e. The summed E-state index contributed by atoms with van der Waals surface area (Å²) in [7, 11) is 0. The van der Waals surface area contributed by atoms with Gasteiger partial charge in [-0.25, -0.2) is 0 Å². The molecule has 1 amide bonds. The maximum atomic E-state index is 13.2. The monoisotopic (exact) mass is 387 g/mol. The zero-order valence-corrected chi connectivity index (χ0v) is 16.4. The Bertz CT molecular complexity index is 1050. The van der Waals surface area contributed by atoms with Crippen molar-refractivity contribution in [3.63, 3.8) is 0 Å². The first-order valence-corrected chi connectivity index (χ1v) is 10.4. The van der Waals surface area contributed by atoms with Crippen LogP contribution in [0.5, 0.6) is 0 Å². The molecule has 0 atom stereocenters. The molecule has 3 aromatic rings. The van der Waals surface area contributed by atoms with E-state index in [0.29, 0.717) is 18.0 Å². The Morgan fingerprint density at radius 1 is 1.00 bits per heavy atom. The fraction of sp³-hybridized carbons (Fsp3) is 0.333. The Labute approximate surface area is 170 Å². The number of aromatic amines is 1. The van der Waals surface area contributed by atoms with Crippen LogP contribution < -0.4 is 4.90 Å². The second-order valence-electron chi connectivity index (χ2n) is 8.11. The van der Waals surface area contributed by atoms with Crippen molar-refractivity contribution >= 4 is 28.8 Å². The summed E-state index contributed by atoms with van der Waals surface area (Å²) < 4.78 is 0. The molecular weight excluding hydrogens is 362 g/mol. The zero-order valence-electron chi connectivity index (χ0n) is 16.4. The molecule has 0 bridgehead atoms. The summed E-state index contributed by atoms with van der Waals surface area (Å²) in [4.78, 5) is 31.9. The number of carbonyl (C=O) groups is 2. The zero-order chi connectivity index (χ0) is 19.8. The Morgan fingerprint density at radius 2 is 1.76 bits per heavy atom. The maximum absolute atomic E-state index is 13.2. The van der Waals surface area contributed by atoms with Gasteiger partial charge in [0.25, 0.3) is 0 Å². The normalized spacial score (nSPS) is 17.4. The molecule has 1 N–H and O–H groups in total. The van der Waals surface area contributed by atoms with Gasteiger partial charge in [0.15, 0.2) is 0 Å². The Balaban J connectivity index is 1.23. The van der Waals surface area contributed by atoms with Gasteiger partial charge < -0.3 is 14.8 Å². The van der Waals surface area contributed by atoms with E-state index in [-0.39, 0.29) is 5.92 Å². The van der Waals surface area contributed by atoms with E-state index in [1.165, 1.54) is 22.2 Å². The van der Waals surface area contributed by atoms with Gasteiger partial charge in [0.2, 0.25) is 5.91 Å². The number of rotatable bonds is 3. The van der Waals surface area contributed by atoms with Gasteiger partial charge in [-0.1, -0.05) is 18.2 Å². The molecule has 5 nitrogen and oxygen atoms in total. The van der Waals surface area contributed by atoms with Gasteiger partial charge in [0.1, 0.15) is 6.29 Å². The highest BCUT2D eigenvalue weighted by Crippen LogP contribution is 2.30. The number of piperidine rings is 1. The highest BCUT2D eigenvalue weighted by Gasteiger charge is 2.31. The van der Waals surface area contributed by atoms with Crippen LogP contribution in [0.3, 0.4) is 0 Å². The summed E-state index contributed by atoms with van der Waals surface area (Å²) in [6.45, 7) is 3.25. The number of H-pyrrole nitrogens is 1. The average molecular weight is 387 g/mol. The first-order valence-electron chi connectivity index (χ1n) is 10.4. The Morgan fingerprint density at radius 3 is 2.52 bits per heavy atom. The van der Waals surface area contributed by atoms with E-state index < -0.39 is 0 Å². The van der Waals surface area contributed by atoms with Gasteiger partial charge in [-0.2, -0.15) is 0 Å². The Kier molecular flexibility index (Phi) is 4.58. The average Bonchev–Trinajstić information content (AvgIpc) is 3.16. The van der Waals surface area contributed by atoms with E-state index in [1.807, 2.05) is 35.2 Å². The lowest BCUT2D eigenvalue weighted by Gasteiger charge is -2.36. The number of amides is 1. The van der Waals surface area contributed by atoms with E-state index in [0.717, 1.165) is 50.9 Å². The van der Waals surface area contributed by atoms with E-state index in [1.54, 1.807) is 0 Å². The molecule has 1 saturated heterocycles. The molecular formula is C24H25N3O2. The standard InChI is InChI=1S/C24H25N3O2/c28-16-17-5-7-19(8-6-17)26-12-9-18(10-13-26)24(29)27-14-11-21-20-3-1-2-4-22(20)25-23(21)15-27/h1-8,16,18,25H,9-15H2. The molecule has 0 unspecified atom stereocenters. The summed E-state index contributed by atoms with van der Waals surface area (Å²) in [5.74, 6) is 0.400. The van der Waals surface area contributed by atoms with Crippen LogP contribution in [0.25, 0.3) is 10.9 Å². The highest BCUT2D eigenvalue weighted by molar-refractivity contribution is 5.86.